The van der Waals surface area contributed by atoms with Gasteiger partial charge in [-0.1, -0.05) is 6.42 Å². The van der Waals surface area contributed by atoms with E-state index in [2.05, 4.69) is 5.32 Å². The fourth-order valence-electron chi connectivity index (χ4n) is 3.97. The molecule has 2 aliphatic heterocycles. The summed E-state index contributed by atoms with van der Waals surface area (Å²) in [7, 11) is 0. The first-order chi connectivity index (χ1) is 11.1. The molecule has 2 fully saturated rings. The first kappa shape index (κ1) is 14.2. The van der Waals surface area contributed by atoms with Gasteiger partial charge in [0.15, 0.2) is 11.5 Å². The molecule has 1 saturated heterocycles. The highest BCUT2D eigenvalue weighted by Crippen LogP contribution is 2.49. The molecule has 1 aromatic carbocycles. The van der Waals surface area contributed by atoms with Gasteiger partial charge in [0.25, 0.3) is 0 Å². The lowest BCUT2D eigenvalue weighted by Gasteiger charge is -2.23. The molecule has 0 aromatic heterocycles. The first-order valence-electron chi connectivity index (χ1n) is 7.77. The lowest BCUT2D eigenvalue weighted by Crippen LogP contribution is -2.38. The van der Waals surface area contributed by atoms with Crippen LogP contribution in [0, 0.1) is 11.3 Å². The quantitative estimate of drug-likeness (QED) is 0.872. The minimum Gasteiger partial charge on any atom is -0.481 e. The van der Waals surface area contributed by atoms with E-state index in [-0.39, 0.29) is 25.3 Å². The number of carboxylic acid groups (broad SMARTS) is 1. The van der Waals surface area contributed by atoms with E-state index in [1.165, 1.54) is 0 Å². The lowest BCUT2D eigenvalue weighted by atomic mass is 9.81. The van der Waals surface area contributed by atoms with Crippen LogP contribution in [0.1, 0.15) is 19.3 Å². The van der Waals surface area contributed by atoms with Crippen LogP contribution in [-0.4, -0.2) is 41.9 Å². The number of urea groups is 1. The number of carbonyl (C=O) groups is 2. The van der Waals surface area contributed by atoms with Crippen LogP contribution in [0.4, 0.5) is 10.5 Å². The molecule has 0 radical (unpaired) electrons. The Morgan fingerprint density at radius 1 is 1.30 bits per heavy atom. The van der Waals surface area contributed by atoms with E-state index in [4.69, 9.17) is 9.47 Å². The van der Waals surface area contributed by atoms with Crippen molar-refractivity contribution in [1.29, 1.82) is 0 Å². The fourth-order valence-corrected chi connectivity index (χ4v) is 3.97. The van der Waals surface area contributed by atoms with Crippen LogP contribution in [0.15, 0.2) is 18.2 Å². The zero-order valence-corrected chi connectivity index (χ0v) is 12.6. The summed E-state index contributed by atoms with van der Waals surface area (Å²) < 4.78 is 10.5. The molecule has 23 heavy (non-hydrogen) atoms. The largest absolute Gasteiger partial charge is 0.481 e. The zero-order valence-electron chi connectivity index (χ0n) is 12.6. The number of carboxylic acids is 1. The molecule has 7 nitrogen and oxygen atoms in total. The highest BCUT2D eigenvalue weighted by Gasteiger charge is 2.55. The maximum atomic E-state index is 12.5. The number of hydrogen-bond donors (Lipinski definition) is 2. The number of fused-ring (bicyclic) bond motifs is 2. The molecule has 1 aromatic rings. The van der Waals surface area contributed by atoms with Crippen LogP contribution >= 0.6 is 0 Å². The van der Waals surface area contributed by atoms with Crippen molar-refractivity contribution in [3.8, 4) is 11.5 Å². The molecular formula is C16H18N2O5. The fraction of sp³-hybridized carbons (Fsp3) is 0.500. The second kappa shape index (κ2) is 5.04. The van der Waals surface area contributed by atoms with Gasteiger partial charge in [-0.25, -0.2) is 4.79 Å². The summed E-state index contributed by atoms with van der Waals surface area (Å²) in [5, 5.41) is 12.4. The lowest BCUT2D eigenvalue weighted by molar-refractivity contribution is -0.149. The average molecular weight is 318 g/mol. The molecule has 2 heterocycles. The normalized spacial score (nSPS) is 27.8. The maximum absolute atomic E-state index is 12.5. The number of aliphatic carboxylic acids is 1. The predicted molar refractivity (Wildman–Crippen MR) is 80.6 cm³/mol. The van der Waals surface area contributed by atoms with Crippen molar-refractivity contribution < 1.29 is 24.2 Å². The van der Waals surface area contributed by atoms with E-state index < -0.39 is 11.4 Å². The predicted octanol–water partition coefficient (Wildman–Crippen LogP) is 2.13. The van der Waals surface area contributed by atoms with E-state index in [1.54, 1.807) is 23.1 Å². The van der Waals surface area contributed by atoms with Gasteiger partial charge >= 0.3 is 12.0 Å². The van der Waals surface area contributed by atoms with Gasteiger partial charge in [0.05, 0.1) is 5.41 Å². The molecule has 7 heteroatoms. The molecule has 2 amide bonds. The van der Waals surface area contributed by atoms with E-state index in [9.17, 15) is 14.7 Å². The minimum absolute atomic E-state index is 0.0579. The molecular weight excluding hydrogens is 300 g/mol. The van der Waals surface area contributed by atoms with Crippen LogP contribution in [0.3, 0.4) is 0 Å². The molecule has 0 bridgehead atoms. The summed E-state index contributed by atoms with van der Waals surface area (Å²) in [5.74, 6) is 0.535. The van der Waals surface area contributed by atoms with Crippen molar-refractivity contribution in [1.82, 2.24) is 4.90 Å². The number of nitrogens with one attached hydrogen (secondary N) is 1. The Morgan fingerprint density at radius 3 is 2.91 bits per heavy atom. The molecule has 2 N–H and O–H groups in total. The Hall–Kier alpha value is -2.44. The molecule has 4 rings (SSSR count). The summed E-state index contributed by atoms with van der Waals surface area (Å²) >= 11 is 0. The monoisotopic (exact) mass is 318 g/mol. The number of benzene rings is 1. The minimum atomic E-state index is -0.779. The van der Waals surface area contributed by atoms with E-state index in [0.29, 0.717) is 30.2 Å². The number of hydrogen-bond acceptors (Lipinski definition) is 4. The number of rotatable bonds is 2. The van der Waals surface area contributed by atoms with E-state index in [1.807, 2.05) is 0 Å². The van der Waals surface area contributed by atoms with Crippen molar-refractivity contribution in [2.24, 2.45) is 11.3 Å². The second-order valence-electron chi connectivity index (χ2n) is 6.43. The van der Waals surface area contributed by atoms with Gasteiger partial charge in [-0.15, -0.1) is 0 Å². The standard InChI is InChI=1S/C16H18N2O5/c19-14(20)16-5-1-2-10(16)7-18(8-16)15(21)17-11-3-4-12-13(6-11)23-9-22-12/h3-4,6,10H,1-2,5,7-9H2,(H,17,21)(H,19,20)/t10-,16+/m0/s1. The number of amides is 2. The van der Waals surface area contributed by atoms with Crippen LogP contribution in [0.25, 0.3) is 0 Å². The average Bonchev–Trinajstić information content (AvgIpc) is 3.20. The topological polar surface area (TPSA) is 88.1 Å². The molecule has 1 aliphatic carbocycles. The van der Waals surface area contributed by atoms with E-state index in [0.717, 1.165) is 12.8 Å². The molecule has 0 unspecified atom stereocenters. The Balaban J connectivity index is 1.47. The number of ether oxygens (including phenoxy) is 2. The second-order valence-corrected chi connectivity index (χ2v) is 6.43. The van der Waals surface area contributed by atoms with Crippen LogP contribution in [0.5, 0.6) is 11.5 Å². The van der Waals surface area contributed by atoms with Crippen molar-refractivity contribution >= 4 is 17.7 Å². The van der Waals surface area contributed by atoms with Crippen molar-refractivity contribution in [3.05, 3.63) is 18.2 Å². The third-order valence-electron chi connectivity index (χ3n) is 5.21. The van der Waals surface area contributed by atoms with Gasteiger partial charge in [0, 0.05) is 24.8 Å². The molecule has 1 saturated carbocycles. The van der Waals surface area contributed by atoms with E-state index >= 15 is 0 Å². The third kappa shape index (κ3) is 2.18. The van der Waals surface area contributed by atoms with Crippen LogP contribution < -0.4 is 14.8 Å². The Bertz CT molecular complexity index is 676. The Kier molecular flexibility index (Phi) is 3.11. The zero-order chi connectivity index (χ0) is 16.0. The van der Waals surface area contributed by atoms with Gasteiger partial charge < -0.3 is 24.8 Å². The Morgan fingerprint density at radius 2 is 2.13 bits per heavy atom. The number of likely N-dealkylation sites (tertiary alicyclic amines) is 1. The molecule has 122 valence electrons. The first-order valence-corrected chi connectivity index (χ1v) is 7.77. The van der Waals surface area contributed by atoms with Gasteiger partial charge in [-0.2, -0.15) is 0 Å². The SMILES string of the molecule is O=C(Nc1ccc2c(c1)OCO2)N1C[C@@H]2CCC[C@@]2(C(=O)O)C1. The summed E-state index contributed by atoms with van der Waals surface area (Å²) in [5.41, 5.74) is -0.146. The maximum Gasteiger partial charge on any atom is 0.321 e. The summed E-state index contributed by atoms with van der Waals surface area (Å²) in [4.78, 5) is 25.7. The van der Waals surface area contributed by atoms with Crippen LogP contribution in [0.2, 0.25) is 0 Å². The number of nitrogens with zero attached hydrogens (tertiary/aromatic N) is 1. The van der Waals surface area contributed by atoms with Gasteiger partial charge in [0.1, 0.15) is 0 Å². The number of carbonyl (C=O) groups excluding carboxylic acids is 1. The van der Waals surface area contributed by atoms with Crippen molar-refractivity contribution in [2.45, 2.75) is 19.3 Å². The summed E-state index contributed by atoms with van der Waals surface area (Å²) in [6.07, 6.45) is 2.45. The van der Waals surface area contributed by atoms with Crippen molar-refractivity contribution in [2.75, 3.05) is 25.2 Å². The van der Waals surface area contributed by atoms with Crippen LogP contribution in [-0.2, 0) is 4.79 Å². The molecule has 2 atom stereocenters. The summed E-state index contributed by atoms with van der Waals surface area (Å²) in [6, 6.07) is 4.94. The number of anilines is 1. The third-order valence-corrected chi connectivity index (χ3v) is 5.21. The van der Waals surface area contributed by atoms with Gasteiger partial charge in [-0.3, -0.25) is 4.79 Å². The van der Waals surface area contributed by atoms with Crippen molar-refractivity contribution in [3.63, 3.8) is 0 Å². The van der Waals surface area contributed by atoms with Gasteiger partial charge in [-0.05, 0) is 30.9 Å². The Labute approximate surface area is 133 Å². The molecule has 3 aliphatic rings. The highest BCUT2D eigenvalue weighted by atomic mass is 16.7. The summed E-state index contributed by atoms with van der Waals surface area (Å²) in [6.45, 7) is 0.966. The molecule has 0 spiro atoms. The highest BCUT2D eigenvalue weighted by molar-refractivity contribution is 5.91. The van der Waals surface area contributed by atoms with Gasteiger partial charge in [0.2, 0.25) is 6.79 Å². The smallest absolute Gasteiger partial charge is 0.321 e.